The normalized spacial score (nSPS) is 18.9. The molecule has 0 aromatic heterocycles. The molecule has 7 nitrogen and oxygen atoms in total. The molecule has 29 heavy (non-hydrogen) atoms. The van der Waals surface area contributed by atoms with Gasteiger partial charge in [-0.2, -0.15) is 0 Å². The van der Waals surface area contributed by atoms with Gasteiger partial charge in [-0.15, -0.1) is 0 Å². The number of rotatable bonds is 5. The molecule has 0 aliphatic carbocycles. The van der Waals surface area contributed by atoms with Gasteiger partial charge in [0.25, 0.3) is 0 Å². The van der Waals surface area contributed by atoms with Crippen LogP contribution in [-0.2, 0) is 11.3 Å². The number of benzene rings is 2. The number of hydrogen-bond donors (Lipinski definition) is 2. The van der Waals surface area contributed by atoms with Crippen LogP contribution >= 0.6 is 11.6 Å². The first-order chi connectivity index (χ1) is 13.9. The van der Waals surface area contributed by atoms with E-state index >= 15 is 0 Å². The van der Waals surface area contributed by atoms with Crippen molar-refractivity contribution in [1.82, 2.24) is 4.90 Å². The Balaban J connectivity index is 1.83. The Bertz CT molecular complexity index is 887. The number of nitrogens with zero attached hydrogens (tertiary/aromatic N) is 1. The number of nitrogens with two attached hydrogens (primary N) is 1. The highest BCUT2D eigenvalue weighted by atomic mass is 35.5. The smallest absolute Gasteiger partial charge is 0.338 e. The van der Waals surface area contributed by atoms with Gasteiger partial charge in [0.15, 0.2) is 0 Å². The molecule has 2 aromatic carbocycles. The van der Waals surface area contributed by atoms with Crippen LogP contribution in [0.4, 0.5) is 4.79 Å². The number of ether oxygens (including phenoxy) is 2. The zero-order valence-electron chi connectivity index (χ0n) is 16.0. The highest BCUT2D eigenvalue weighted by Gasteiger charge is 2.33. The first-order valence-corrected chi connectivity index (χ1v) is 9.60. The van der Waals surface area contributed by atoms with Crippen LogP contribution in [-0.4, -0.2) is 41.8 Å². The minimum atomic E-state index is -0.602. The van der Waals surface area contributed by atoms with Gasteiger partial charge in [0.2, 0.25) is 0 Å². The number of likely N-dealkylation sites (tertiary alicyclic amines) is 1. The first-order valence-electron chi connectivity index (χ1n) is 9.22. The lowest BCUT2D eigenvalue weighted by atomic mass is 9.90. The number of hydrogen-bond acceptors (Lipinski definition) is 5. The number of carbonyl (C=O) groups excluding carboxylic acids is 2. The average Bonchev–Trinajstić information content (AvgIpc) is 2.72. The van der Waals surface area contributed by atoms with Crippen LogP contribution in [0.5, 0.6) is 5.75 Å². The molecule has 3 N–H and O–H groups in total. The second-order valence-corrected chi connectivity index (χ2v) is 7.32. The number of piperidine rings is 1. The van der Waals surface area contributed by atoms with Gasteiger partial charge in [0, 0.05) is 11.6 Å². The topological polar surface area (TPSA) is 102 Å². The van der Waals surface area contributed by atoms with E-state index in [-0.39, 0.29) is 18.6 Å². The van der Waals surface area contributed by atoms with Crippen molar-refractivity contribution >= 4 is 23.6 Å². The Hall–Kier alpha value is -2.77. The van der Waals surface area contributed by atoms with Crippen molar-refractivity contribution in [3.05, 3.63) is 64.2 Å². The summed E-state index contributed by atoms with van der Waals surface area (Å²) in [6.45, 7) is 0.381. The molecule has 0 radical (unpaired) electrons. The van der Waals surface area contributed by atoms with Crippen LogP contribution in [0.25, 0.3) is 0 Å². The molecule has 154 valence electrons. The number of aliphatic hydroxyl groups is 1. The van der Waals surface area contributed by atoms with Gasteiger partial charge in [0.05, 0.1) is 24.8 Å². The van der Waals surface area contributed by atoms with Gasteiger partial charge in [-0.05, 0) is 48.2 Å². The molecule has 1 heterocycles. The Kier molecular flexibility index (Phi) is 6.61. The third kappa shape index (κ3) is 4.99. The molecule has 2 atom stereocenters. The molecule has 0 bridgehead atoms. The Morgan fingerprint density at radius 2 is 1.97 bits per heavy atom. The first kappa shape index (κ1) is 21.0. The molecule has 0 spiro atoms. The molecule has 1 fully saturated rings. The predicted octanol–water partition coefficient (Wildman–Crippen LogP) is 3.28. The van der Waals surface area contributed by atoms with E-state index in [9.17, 15) is 14.7 Å². The summed E-state index contributed by atoms with van der Waals surface area (Å²) in [7, 11) is 1.58. The van der Waals surface area contributed by atoms with Gasteiger partial charge in [-0.1, -0.05) is 29.8 Å². The van der Waals surface area contributed by atoms with Crippen LogP contribution in [0.3, 0.4) is 0 Å². The molecule has 2 aromatic rings. The zero-order valence-corrected chi connectivity index (χ0v) is 16.8. The third-order valence-electron chi connectivity index (χ3n) is 4.98. The molecule has 2 amide bonds. The number of amides is 2. The largest absolute Gasteiger partial charge is 0.497 e. The summed E-state index contributed by atoms with van der Waals surface area (Å²) in [6.07, 6.45) is 0.127. The highest BCUT2D eigenvalue weighted by molar-refractivity contribution is 6.31. The number of methoxy groups -OCH3 is 1. The van der Waals surface area contributed by atoms with Gasteiger partial charge in [-0.25, -0.2) is 9.59 Å². The lowest BCUT2D eigenvalue weighted by Crippen LogP contribution is -2.45. The average molecular weight is 419 g/mol. The van der Waals surface area contributed by atoms with Crippen LogP contribution in [0.2, 0.25) is 5.02 Å². The van der Waals surface area contributed by atoms with E-state index in [1.807, 2.05) is 0 Å². The van der Waals surface area contributed by atoms with Crippen LogP contribution in [0.1, 0.15) is 40.4 Å². The highest BCUT2D eigenvalue weighted by Crippen LogP contribution is 2.34. The number of primary amides is 1. The molecule has 8 heteroatoms. The van der Waals surface area contributed by atoms with E-state index in [2.05, 4.69) is 0 Å². The standard InChI is InChI=1S/C21H23ClN2O5/c1-28-16-5-2-13(3-6-16)12-29-20(26)18-10-14(22)4-7-17(18)19-11-15(25)8-9-24(19)21(23)27/h2-7,10,15,19,25H,8-9,11-12H2,1H3,(H2,23,27). The minimum Gasteiger partial charge on any atom is -0.497 e. The van der Waals surface area contributed by atoms with E-state index in [1.165, 1.54) is 11.0 Å². The van der Waals surface area contributed by atoms with Gasteiger partial charge in [-0.3, -0.25) is 0 Å². The second-order valence-electron chi connectivity index (χ2n) is 6.88. The van der Waals surface area contributed by atoms with E-state index in [4.69, 9.17) is 26.8 Å². The van der Waals surface area contributed by atoms with Crippen LogP contribution < -0.4 is 10.5 Å². The van der Waals surface area contributed by atoms with E-state index < -0.39 is 24.1 Å². The minimum absolute atomic E-state index is 0.0710. The van der Waals surface area contributed by atoms with Gasteiger partial charge >= 0.3 is 12.0 Å². The van der Waals surface area contributed by atoms with Crippen molar-refractivity contribution in [1.29, 1.82) is 0 Å². The molecular formula is C21H23ClN2O5. The van der Waals surface area contributed by atoms with Crippen molar-refractivity contribution in [2.75, 3.05) is 13.7 Å². The molecule has 1 saturated heterocycles. The summed E-state index contributed by atoms with van der Waals surface area (Å²) >= 11 is 6.10. The Labute approximate surface area is 174 Å². The second kappa shape index (κ2) is 9.15. The maximum absolute atomic E-state index is 12.8. The summed E-state index contributed by atoms with van der Waals surface area (Å²) in [6, 6.07) is 10.8. The molecule has 0 saturated carbocycles. The molecule has 2 unspecified atom stereocenters. The van der Waals surface area contributed by atoms with Crippen molar-refractivity contribution in [2.24, 2.45) is 5.73 Å². The maximum atomic E-state index is 12.8. The number of esters is 1. The van der Waals surface area contributed by atoms with Crippen LogP contribution in [0.15, 0.2) is 42.5 Å². The lowest BCUT2D eigenvalue weighted by molar-refractivity contribution is 0.0448. The third-order valence-corrected chi connectivity index (χ3v) is 5.22. The van der Waals surface area contributed by atoms with E-state index in [1.54, 1.807) is 43.5 Å². The molecular weight excluding hydrogens is 396 g/mol. The number of urea groups is 1. The summed E-state index contributed by atoms with van der Waals surface area (Å²) in [5.41, 5.74) is 7.10. The maximum Gasteiger partial charge on any atom is 0.338 e. The van der Waals surface area contributed by atoms with Crippen molar-refractivity contribution < 1.29 is 24.2 Å². The van der Waals surface area contributed by atoms with Crippen LogP contribution in [0, 0.1) is 0 Å². The number of halogens is 1. The Morgan fingerprint density at radius 3 is 2.62 bits per heavy atom. The predicted molar refractivity (Wildman–Crippen MR) is 108 cm³/mol. The SMILES string of the molecule is COc1ccc(COC(=O)c2cc(Cl)ccc2C2CC(O)CCN2C(N)=O)cc1. The van der Waals surface area contributed by atoms with Crippen molar-refractivity contribution in [2.45, 2.75) is 31.6 Å². The van der Waals surface area contributed by atoms with Gasteiger partial charge < -0.3 is 25.2 Å². The fourth-order valence-electron chi connectivity index (χ4n) is 3.45. The number of carbonyl (C=O) groups is 2. The van der Waals surface area contributed by atoms with E-state index in [0.717, 1.165) is 5.56 Å². The quantitative estimate of drug-likeness (QED) is 0.725. The summed E-state index contributed by atoms with van der Waals surface area (Å²) in [5, 5.41) is 10.5. The van der Waals surface area contributed by atoms with Crippen molar-refractivity contribution in [3.63, 3.8) is 0 Å². The molecule has 3 rings (SSSR count). The van der Waals surface area contributed by atoms with E-state index in [0.29, 0.717) is 29.3 Å². The zero-order chi connectivity index (χ0) is 21.0. The van der Waals surface area contributed by atoms with Gasteiger partial charge in [0.1, 0.15) is 12.4 Å². The molecule has 1 aliphatic heterocycles. The molecule has 1 aliphatic rings. The number of aliphatic hydroxyl groups excluding tert-OH is 1. The van der Waals surface area contributed by atoms with Crippen molar-refractivity contribution in [3.8, 4) is 5.75 Å². The Morgan fingerprint density at radius 1 is 1.24 bits per heavy atom. The monoisotopic (exact) mass is 418 g/mol. The lowest BCUT2D eigenvalue weighted by Gasteiger charge is -2.37. The summed E-state index contributed by atoms with van der Waals surface area (Å²) in [4.78, 5) is 26.1. The fraction of sp³-hybridized carbons (Fsp3) is 0.333. The fourth-order valence-corrected chi connectivity index (χ4v) is 3.62. The summed E-state index contributed by atoms with van der Waals surface area (Å²) < 4.78 is 10.6. The summed E-state index contributed by atoms with van der Waals surface area (Å²) in [5.74, 6) is 0.141.